The maximum absolute atomic E-state index is 12.9. The molecule has 7 nitrogen and oxygen atoms in total. The number of hydrogen-bond donors (Lipinski definition) is 1. The summed E-state index contributed by atoms with van der Waals surface area (Å²) in [5, 5.41) is 30.5. The second-order valence-electron chi connectivity index (χ2n) is 5.87. The van der Waals surface area contributed by atoms with Crippen molar-refractivity contribution in [3.63, 3.8) is 0 Å². The summed E-state index contributed by atoms with van der Waals surface area (Å²) in [5.41, 5.74) is 0.704. The van der Waals surface area contributed by atoms with Crippen molar-refractivity contribution in [2.75, 3.05) is 0 Å². The van der Waals surface area contributed by atoms with Crippen LogP contribution in [-0.2, 0) is 0 Å². The Morgan fingerprint density at radius 2 is 2.00 bits per heavy atom. The highest BCUT2D eigenvalue weighted by Crippen LogP contribution is 2.37. The van der Waals surface area contributed by atoms with E-state index in [1.165, 1.54) is 39.8 Å². The average molecular weight is 399 g/mol. The quantitative estimate of drug-likeness (QED) is 0.519. The second-order valence-corrected chi connectivity index (χ2v) is 7.80. The van der Waals surface area contributed by atoms with Crippen molar-refractivity contribution < 1.29 is 14.8 Å². The number of aromatic hydroxyl groups is 1. The van der Waals surface area contributed by atoms with E-state index < -0.39 is 10.7 Å². The highest BCUT2D eigenvalue weighted by Gasteiger charge is 2.35. The van der Waals surface area contributed by atoms with Gasteiger partial charge in [0.25, 0.3) is 5.91 Å². The number of hydrogen-bond acceptors (Lipinski definition) is 7. The normalized spacial score (nSPS) is 16.4. The van der Waals surface area contributed by atoms with Gasteiger partial charge in [-0.2, -0.15) is 5.10 Å². The summed E-state index contributed by atoms with van der Waals surface area (Å²) < 4.78 is 0. The van der Waals surface area contributed by atoms with Gasteiger partial charge >= 0.3 is 5.69 Å². The molecule has 1 atom stereocenters. The van der Waals surface area contributed by atoms with Crippen molar-refractivity contribution in [3.8, 4) is 5.75 Å². The van der Waals surface area contributed by atoms with Gasteiger partial charge in [-0.1, -0.05) is 12.1 Å². The first-order chi connectivity index (χ1) is 13.0. The van der Waals surface area contributed by atoms with Gasteiger partial charge in [0.05, 0.1) is 21.6 Å². The molecule has 4 rings (SSSR count). The smallest absolute Gasteiger partial charge is 0.311 e. The predicted octanol–water partition coefficient (Wildman–Crippen LogP) is 4.41. The minimum absolute atomic E-state index is 0.202. The molecule has 1 N–H and O–H groups in total. The Hall–Kier alpha value is -3.04. The maximum Gasteiger partial charge on any atom is 0.311 e. The van der Waals surface area contributed by atoms with Gasteiger partial charge in [-0.3, -0.25) is 14.9 Å². The second kappa shape index (κ2) is 6.93. The first kappa shape index (κ1) is 17.4. The monoisotopic (exact) mass is 399 g/mol. The van der Waals surface area contributed by atoms with E-state index in [1.807, 2.05) is 29.0 Å². The summed E-state index contributed by atoms with van der Waals surface area (Å²) in [6, 6.07) is 11.3. The summed E-state index contributed by atoms with van der Waals surface area (Å²) in [6.45, 7) is 0. The summed E-state index contributed by atoms with van der Waals surface area (Å²) in [4.78, 5) is 25.0. The van der Waals surface area contributed by atoms with Crippen molar-refractivity contribution in [3.05, 3.63) is 78.7 Å². The van der Waals surface area contributed by atoms with E-state index in [2.05, 4.69) is 5.10 Å². The van der Waals surface area contributed by atoms with Crippen LogP contribution in [0.2, 0.25) is 0 Å². The molecule has 3 heterocycles. The number of nitrogens with zero attached hydrogens (tertiary/aromatic N) is 3. The molecule has 0 radical (unpaired) electrons. The van der Waals surface area contributed by atoms with Crippen molar-refractivity contribution in [1.29, 1.82) is 0 Å². The topological polar surface area (TPSA) is 96.0 Å². The number of benzene rings is 1. The molecule has 27 heavy (non-hydrogen) atoms. The van der Waals surface area contributed by atoms with Crippen LogP contribution >= 0.6 is 22.7 Å². The van der Waals surface area contributed by atoms with E-state index in [0.29, 0.717) is 22.6 Å². The van der Waals surface area contributed by atoms with Gasteiger partial charge in [-0.05, 0) is 35.0 Å². The Morgan fingerprint density at radius 3 is 2.67 bits per heavy atom. The zero-order valence-corrected chi connectivity index (χ0v) is 15.4. The standard InChI is InChI=1S/C18H13N3O4S2/c22-15-6-5-11(9-13(15)21(24)25)12-10-14(16-3-1-7-26-16)20(19-12)18(23)17-4-2-8-27-17/h1-9,14,22H,10H2. The molecule has 9 heteroatoms. The highest BCUT2D eigenvalue weighted by molar-refractivity contribution is 7.12. The lowest BCUT2D eigenvalue weighted by Crippen LogP contribution is -2.25. The van der Waals surface area contributed by atoms with Crippen LogP contribution in [0.4, 0.5) is 5.69 Å². The van der Waals surface area contributed by atoms with Crippen molar-refractivity contribution >= 4 is 40.0 Å². The summed E-state index contributed by atoms with van der Waals surface area (Å²) >= 11 is 2.88. The fraction of sp³-hybridized carbons (Fsp3) is 0.111. The van der Waals surface area contributed by atoms with E-state index in [4.69, 9.17) is 0 Å². The van der Waals surface area contributed by atoms with Crippen LogP contribution in [0.15, 0.2) is 58.3 Å². The molecule has 0 saturated carbocycles. The van der Waals surface area contributed by atoms with Gasteiger partial charge in [0.1, 0.15) is 0 Å². The third-order valence-corrected chi connectivity index (χ3v) is 6.06. The van der Waals surface area contributed by atoms with Crippen LogP contribution in [0.1, 0.15) is 32.6 Å². The van der Waals surface area contributed by atoms with E-state index >= 15 is 0 Å². The van der Waals surface area contributed by atoms with Gasteiger partial charge in [0.15, 0.2) is 5.75 Å². The first-order valence-corrected chi connectivity index (χ1v) is 9.76. The number of nitro benzene ring substituents is 1. The lowest BCUT2D eigenvalue weighted by Gasteiger charge is -2.19. The summed E-state index contributed by atoms with van der Waals surface area (Å²) in [6.07, 6.45) is 0.444. The maximum atomic E-state index is 12.9. The molecule has 0 bridgehead atoms. The van der Waals surface area contributed by atoms with Crippen LogP contribution in [0.5, 0.6) is 5.75 Å². The van der Waals surface area contributed by atoms with Gasteiger partial charge < -0.3 is 5.11 Å². The van der Waals surface area contributed by atoms with Crippen LogP contribution in [0.3, 0.4) is 0 Å². The molecule has 3 aromatic rings. The number of thiophene rings is 2. The Labute approximate surface area is 162 Å². The highest BCUT2D eigenvalue weighted by atomic mass is 32.1. The van der Waals surface area contributed by atoms with Crippen LogP contribution in [0, 0.1) is 10.1 Å². The third kappa shape index (κ3) is 3.22. The number of phenolic OH excluding ortho intramolecular Hbond substituents is 1. The minimum Gasteiger partial charge on any atom is -0.502 e. The zero-order chi connectivity index (χ0) is 19.0. The molecule has 2 aromatic heterocycles. The Kier molecular flexibility index (Phi) is 4.46. The molecule has 1 unspecified atom stereocenters. The summed E-state index contributed by atoms with van der Waals surface area (Å²) in [7, 11) is 0. The van der Waals surface area contributed by atoms with Crippen LogP contribution in [0.25, 0.3) is 0 Å². The van der Waals surface area contributed by atoms with Crippen molar-refractivity contribution in [2.24, 2.45) is 5.10 Å². The van der Waals surface area contributed by atoms with Gasteiger partial charge in [0.2, 0.25) is 0 Å². The molecule has 1 amide bonds. The number of carbonyl (C=O) groups excluding carboxylic acids is 1. The van der Waals surface area contributed by atoms with Crippen molar-refractivity contribution in [2.45, 2.75) is 12.5 Å². The summed E-state index contributed by atoms with van der Waals surface area (Å²) in [5.74, 6) is -0.602. The molecule has 1 aliphatic heterocycles. The van der Waals surface area contributed by atoms with Crippen molar-refractivity contribution in [1.82, 2.24) is 5.01 Å². The Balaban J connectivity index is 1.74. The SMILES string of the molecule is O=C(c1cccs1)N1N=C(c2ccc(O)c([N+](=O)[O-])c2)CC1c1cccs1. The fourth-order valence-corrected chi connectivity index (χ4v) is 4.40. The largest absolute Gasteiger partial charge is 0.502 e. The van der Waals surface area contributed by atoms with Gasteiger partial charge in [-0.15, -0.1) is 22.7 Å². The minimum atomic E-state index is -0.639. The molecule has 1 aromatic carbocycles. The van der Waals surface area contributed by atoms with Crippen LogP contribution < -0.4 is 0 Å². The van der Waals surface area contributed by atoms with E-state index in [9.17, 15) is 20.0 Å². The molecule has 0 fully saturated rings. The predicted molar refractivity (Wildman–Crippen MR) is 103 cm³/mol. The molecular weight excluding hydrogens is 386 g/mol. The lowest BCUT2D eigenvalue weighted by atomic mass is 10.0. The Morgan fingerprint density at radius 1 is 1.22 bits per heavy atom. The number of carbonyl (C=O) groups is 1. The number of nitro groups is 1. The zero-order valence-electron chi connectivity index (χ0n) is 13.8. The number of hydrazone groups is 1. The van der Waals surface area contributed by atoms with Gasteiger partial charge in [0, 0.05) is 22.9 Å². The first-order valence-electron chi connectivity index (χ1n) is 8.00. The number of amides is 1. The number of phenols is 1. The lowest BCUT2D eigenvalue weighted by molar-refractivity contribution is -0.385. The van der Waals surface area contributed by atoms with E-state index in [1.54, 1.807) is 12.1 Å². The van der Waals surface area contributed by atoms with Gasteiger partial charge in [-0.25, -0.2) is 5.01 Å². The molecule has 0 spiro atoms. The third-order valence-electron chi connectivity index (χ3n) is 4.23. The fourth-order valence-electron chi connectivity index (χ4n) is 2.94. The van der Waals surface area contributed by atoms with Crippen LogP contribution in [-0.4, -0.2) is 26.7 Å². The Bertz CT molecular complexity index is 1030. The van der Waals surface area contributed by atoms with E-state index in [-0.39, 0.29) is 17.6 Å². The molecule has 1 aliphatic rings. The van der Waals surface area contributed by atoms with E-state index in [0.717, 1.165) is 4.88 Å². The molecule has 136 valence electrons. The molecule has 0 saturated heterocycles. The number of rotatable bonds is 4. The molecule has 0 aliphatic carbocycles. The average Bonchev–Trinajstić information content (AvgIpc) is 3.41. The molecular formula is C18H13N3O4S2.